The first kappa shape index (κ1) is 15.4. The first-order valence-electron chi connectivity index (χ1n) is 8.11. The Labute approximate surface area is 143 Å². The number of benzene rings is 1. The van der Waals surface area contributed by atoms with E-state index in [1.54, 1.807) is 13.0 Å². The van der Waals surface area contributed by atoms with Gasteiger partial charge in [-0.05, 0) is 37.1 Å². The van der Waals surface area contributed by atoms with E-state index in [1.165, 1.54) is 16.7 Å². The van der Waals surface area contributed by atoms with Crippen molar-refractivity contribution in [3.05, 3.63) is 71.6 Å². The number of amides is 1. The third kappa shape index (κ3) is 2.76. The van der Waals surface area contributed by atoms with Gasteiger partial charge in [-0.25, -0.2) is 9.37 Å². The monoisotopic (exact) mass is 336 g/mol. The van der Waals surface area contributed by atoms with Crippen molar-refractivity contribution in [3.8, 4) is 0 Å². The fourth-order valence-electron chi connectivity index (χ4n) is 3.14. The number of hydrogen-bond donors (Lipinski definition) is 2. The second-order valence-electron chi connectivity index (χ2n) is 5.99. The number of para-hydroxylation sites is 1. The topological polar surface area (TPSA) is 62.2 Å². The smallest absolute Gasteiger partial charge is 0.270 e. The molecule has 3 heterocycles. The minimum absolute atomic E-state index is 0.254. The Kier molecular flexibility index (Phi) is 3.72. The highest BCUT2D eigenvalue weighted by Gasteiger charge is 2.16. The molecule has 4 rings (SSSR count). The number of fused-ring (bicyclic) bond motifs is 2. The normalized spacial score (nSPS) is 11.3. The van der Waals surface area contributed by atoms with E-state index in [2.05, 4.69) is 21.4 Å². The summed E-state index contributed by atoms with van der Waals surface area (Å²) in [5.74, 6) is -0.659. The van der Waals surface area contributed by atoms with Crippen molar-refractivity contribution in [1.82, 2.24) is 19.7 Å². The second-order valence-corrected chi connectivity index (χ2v) is 5.99. The Morgan fingerprint density at radius 3 is 3.00 bits per heavy atom. The number of aromatic amines is 1. The molecule has 0 spiro atoms. The van der Waals surface area contributed by atoms with Crippen LogP contribution in [0.4, 0.5) is 4.39 Å². The van der Waals surface area contributed by atoms with E-state index in [4.69, 9.17) is 0 Å². The van der Waals surface area contributed by atoms with Crippen LogP contribution in [0.2, 0.25) is 0 Å². The number of H-pyrrole nitrogens is 1. The Bertz CT molecular complexity index is 1080. The van der Waals surface area contributed by atoms with Crippen LogP contribution in [-0.4, -0.2) is 26.8 Å². The van der Waals surface area contributed by atoms with Crippen LogP contribution in [0.25, 0.3) is 16.6 Å². The Hall–Kier alpha value is -3.15. The zero-order valence-electron chi connectivity index (χ0n) is 13.7. The number of pyridine rings is 1. The maximum absolute atomic E-state index is 13.5. The first-order chi connectivity index (χ1) is 12.1. The Balaban J connectivity index is 1.51. The van der Waals surface area contributed by atoms with E-state index < -0.39 is 5.82 Å². The highest BCUT2D eigenvalue weighted by Crippen LogP contribution is 2.18. The molecular weight excluding hydrogens is 319 g/mol. The third-order valence-electron chi connectivity index (χ3n) is 4.33. The molecule has 0 saturated carbocycles. The van der Waals surface area contributed by atoms with Crippen molar-refractivity contribution in [2.45, 2.75) is 13.3 Å². The SMILES string of the molecule is Cc1nc2ccc(F)cn2c1C(=O)NCCc1c[nH]c2ccccc12. The van der Waals surface area contributed by atoms with E-state index in [1.807, 2.05) is 24.4 Å². The van der Waals surface area contributed by atoms with E-state index in [-0.39, 0.29) is 5.91 Å². The molecule has 126 valence electrons. The van der Waals surface area contributed by atoms with Crippen molar-refractivity contribution in [2.75, 3.05) is 6.54 Å². The zero-order valence-corrected chi connectivity index (χ0v) is 13.7. The van der Waals surface area contributed by atoms with Crippen LogP contribution in [0, 0.1) is 12.7 Å². The Morgan fingerprint density at radius 1 is 1.28 bits per heavy atom. The van der Waals surface area contributed by atoms with Crippen LogP contribution in [0.3, 0.4) is 0 Å². The molecule has 0 fully saturated rings. The van der Waals surface area contributed by atoms with Gasteiger partial charge >= 0.3 is 0 Å². The van der Waals surface area contributed by atoms with Crippen molar-refractivity contribution >= 4 is 22.5 Å². The van der Waals surface area contributed by atoms with Gasteiger partial charge in [-0.2, -0.15) is 0 Å². The molecule has 0 aliphatic heterocycles. The average Bonchev–Trinajstić information content (AvgIpc) is 3.15. The highest BCUT2D eigenvalue weighted by molar-refractivity contribution is 5.94. The van der Waals surface area contributed by atoms with Gasteiger partial charge in [-0.3, -0.25) is 9.20 Å². The van der Waals surface area contributed by atoms with Crippen LogP contribution < -0.4 is 5.32 Å². The number of nitrogens with one attached hydrogen (secondary N) is 2. The predicted molar refractivity (Wildman–Crippen MR) is 94.2 cm³/mol. The van der Waals surface area contributed by atoms with Gasteiger partial charge in [-0.1, -0.05) is 18.2 Å². The van der Waals surface area contributed by atoms with Gasteiger partial charge in [0.15, 0.2) is 0 Å². The Morgan fingerprint density at radius 2 is 2.12 bits per heavy atom. The number of nitrogens with zero attached hydrogens (tertiary/aromatic N) is 2. The number of imidazole rings is 1. The molecule has 0 aliphatic carbocycles. The van der Waals surface area contributed by atoms with Gasteiger partial charge in [0, 0.05) is 29.8 Å². The standard InChI is InChI=1S/C19H17FN4O/c1-12-18(24-11-14(20)6-7-17(24)23-12)19(25)21-9-8-13-10-22-16-5-3-2-4-15(13)16/h2-7,10-11,22H,8-9H2,1H3,(H,21,25). The largest absolute Gasteiger partial charge is 0.361 e. The molecule has 0 unspecified atom stereocenters. The van der Waals surface area contributed by atoms with Gasteiger partial charge in [0.25, 0.3) is 5.91 Å². The predicted octanol–water partition coefficient (Wildman–Crippen LogP) is 3.24. The molecular formula is C19H17FN4O. The quantitative estimate of drug-likeness (QED) is 0.601. The minimum Gasteiger partial charge on any atom is -0.361 e. The van der Waals surface area contributed by atoms with Gasteiger partial charge in [-0.15, -0.1) is 0 Å². The number of aryl methyl sites for hydroxylation is 1. The molecule has 4 aromatic rings. The summed E-state index contributed by atoms with van der Waals surface area (Å²) in [4.78, 5) is 20.1. The lowest BCUT2D eigenvalue weighted by atomic mass is 10.1. The fraction of sp³-hybridized carbons (Fsp3) is 0.158. The lowest BCUT2D eigenvalue weighted by molar-refractivity contribution is 0.0947. The van der Waals surface area contributed by atoms with Crippen molar-refractivity contribution in [3.63, 3.8) is 0 Å². The number of rotatable bonds is 4. The molecule has 3 aromatic heterocycles. The summed E-state index contributed by atoms with van der Waals surface area (Å²) < 4.78 is 15.0. The molecule has 0 atom stereocenters. The maximum Gasteiger partial charge on any atom is 0.270 e. The molecule has 0 aliphatic rings. The summed E-state index contributed by atoms with van der Waals surface area (Å²) in [6.07, 6.45) is 3.95. The van der Waals surface area contributed by atoms with E-state index >= 15 is 0 Å². The minimum atomic E-state index is -0.405. The molecule has 2 N–H and O–H groups in total. The summed E-state index contributed by atoms with van der Waals surface area (Å²) in [7, 11) is 0. The molecule has 1 amide bonds. The molecule has 0 radical (unpaired) electrons. The molecule has 5 nitrogen and oxygen atoms in total. The summed E-state index contributed by atoms with van der Waals surface area (Å²) in [6, 6.07) is 10.9. The molecule has 6 heteroatoms. The van der Waals surface area contributed by atoms with Crippen molar-refractivity contribution in [2.24, 2.45) is 0 Å². The average molecular weight is 336 g/mol. The number of aromatic nitrogens is 3. The van der Waals surface area contributed by atoms with Gasteiger partial charge in [0.1, 0.15) is 17.2 Å². The summed E-state index contributed by atoms with van der Waals surface area (Å²) >= 11 is 0. The number of halogens is 1. The molecule has 25 heavy (non-hydrogen) atoms. The lowest BCUT2D eigenvalue weighted by Crippen LogP contribution is -2.27. The summed E-state index contributed by atoms with van der Waals surface area (Å²) in [5, 5.41) is 4.06. The zero-order chi connectivity index (χ0) is 17.4. The maximum atomic E-state index is 13.5. The van der Waals surface area contributed by atoms with Gasteiger partial charge in [0.2, 0.25) is 0 Å². The van der Waals surface area contributed by atoms with Crippen molar-refractivity contribution < 1.29 is 9.18 Å². The lowest BCUT2D eigenvalue weighted by Gasteiger charge is -2.06. The van der Waals surface area contributed by atoms with E-state index in [9.17, 15) is 9.18 Å². The van der Waals surface area contributed by atoms with Crippen LogP contribution in [0.1, 0.15) is 21.7 Å². The van der Waals surface area contributed by atoms with Crippen LogP contribution in [0.5, 0.6) is 0 Å². The third-order valence-corrected chi connectivity index (χ3v) is 4.33. The van der Waals surface area contributed by atoms with Crippen LogP contribution in [0.15, 0.2) is 48.8 Å². The van der Waals surface area contributed by atoms with Crippen LogP contribution >= 0.6 is 0 Å². The second kappa shape index (κ2) is 6.05. The van der Waals surface area contributed by atoms with Crippen LogP contribution in [-0.2, 0) is 6.42 Å². The highest BCUT2D eigenvalue weighted by atomic mass is 19.1. The van der Waals surface area contributed by atoms with E-state index in [0.717, 1.165) is 16.5 Å². The van der Waals surface area contributed by atoms with Gasteiger partial charge < -0.3 is 10.3 Å². The first-order valence-corrected chi connectivity index (χ1v) is 8.11. The fourth-order valence-corrected chi connectivity index (χ4v) is 3.14. The van der Waals surface area contributed by atoms with E-state index in [0.29, 0.717) is 30.0 Å². The number of carbonyl (C=O) groups is 1. The van der Waals surface area contributed by atoms with Crippen molar-refractivity contribution in [1.29, 1.82) is 0 Å². The number of hydrogen-bond acceptors (Lipinski definition) is 2. The summed E-state index contributed by atoms with van der Waals surface area (Å²) in [5.41, 5.74) is 3.73. The molecule has 0 saturated heterocycles. The molecule has 1 aromatic carbocycles. The summed E-state index contributed by atoms with van der Waals surface area (Å²) in [6.45, 7) is 2.24. The van der Waals surface area contributed by atoms with Gasteiger partial charge in [0.05, 0.1) is 5.69 Å². The number of carbonyl (C=O) groups excluding carboxylic acids is 1. The molecule has 0 bridgehead atoms.